The highest BCUT2D eigenvalue weighted by atomic mass is 19.4. The monoisotopic (exact) mass is 462 g/mol. The van der Waals surface area contributed by atoms with Crippen molar-refractivity contribution < 1.29 is 27.1 Å². The normalized spacial score (nSPS) is 14.0. The number of amides is 1. The molecule has 1 aromatic carbocycles. The van der Waals surface area contributed by atoms with E-state index in [1.807, 2.05) is 6.92 Å². The van der Waals surface area contributed by atoms with Gasteiger partial charge in [0.2, 0.25) is 0 Å². The molecule has 0 unspecified atom stereocenters. The Morgan fingerprint density at radius 2 is 1.88 bits per heavy atom. The van der Waals surface area contributed by atoms with Crippen molar-refractivity contribution in [3.63, 3.8) is 0 Å². The number of aryl methyl sites for hydroxylation is 1. The molecule has 0 atom stereocenters. The summed E-state index contributed by atoms with van der Waals surface area (Å²) in [5, 5.41) is 2.66. The van der Waals surface area contributed by atoms with Gasteiger partial charge in [-0.2, -0.15) is 13.2 Å². The van der Waals surface area contributed by atoms with Crippen LogP contribution in [0, 0.1) is 5.82 Å². The van der Waals surface area contributed by atoms with Gasteiger partial charge in [-0.3, -0.25) is 4.79 Å². The van der Waals surface area contributed by atoms with Crippen LogP contribution < -0.4 is 15.0 Å². The number of carbonyl (C=O) groups is 1. The van der Waals surface area contributed by atoms with Gasteiger partial charge in [-0.05, 0) is 18.6 Å². The van der Waals surface area contributed by atoms with Gasteiger partial charge in [0, 0.05) is 30.2 Å². The third-order valence-electron chi connectivity index (χ3n) is 4.87. The van der Waals surface area contributed by atoms with Gasteiger partial charge in [0.1, 0.15) is 29.8 Å². The Labute approximate surface area is 185 Å². The van der Waals surface area contributed by atoms with Crippen molar-refractivity contribution in [2.75, 3.05) is 23.3 Å². The van der Waals surface area contributed by atoms with Crippen LogP contribution in [-0.4, -0.2) is 45.0 Å². The van der Waals surface area contributed by atoms with Crippen molar-refractivity contribution >= 4 is 17.5 Å². The van der Waals surface area contributed by atoms with Crippen LogP contribution in [0.2, 0.25) is 0 Å². The lowest BCUT2D eigenvalue weighted by Crippen LogP contribution is -2.54. The molecule has 172 valence electrons. The molecule has 0 saturated carbocycles. The van der Waals surface area contributed by atoms with E-state index in [0.29, 0.717) is 18.3 Å². The molecular formula is C21H18F4N6O2. The van der Waals surface area contributed by atoms with E-state index < -0.39 is 29.6 Å². The van der Waals surface area contributed by atoms with E-state index in [0.717, 1.165) is 17.8 Å². The quantitative estimate of drug-likeness (QED) is 0.561. The maximum absolute atomic E-state index is 13.6. The fourth-order valence-electron chi connectivity index (χ4n) is 3.23. The zero-order valence-corrected chi connectivity index (χ0v) is 17.3. The van der Waals surface area contributed by atoms with E-state index in [-0.39, 0.29) is 30.4 Å². The number of anilines is 2. The molecule has 1 amide bonds. The summed E-state index contributed by atoms with van der Waals surface area (Å²) >= 11 is 0. The Morgan fingerprint density at radius 3 is 2.61 bits per heavy atom. The summed E-state index contributed by atoms with van der Waals surface area (Å²) in [6.45, 7) is 2.37. The van der Waals surface area contributed by atoms with Crippen LogP contribution in [0.25, 0.3) is 0 Å². The van der Waals surface area contributed by atoms with E-state index in [4.69, 9.17) is 4.74 Å². The number of carbonyl (C=O) groups excluding carboxylic acids is 1. The van der Waals surface area contributed by atoms with Gasteiger partial charge in [0.25, 0.3) is 5.91 Å². The van der Waals surface area contributed by atoms with Crippen LogP contribution in [0.15, 0.2) is 43.0 Å². The first kappa shape index (κ1) is 22.4. The number of rotatable bonds is 6. The summed E-state index contributed by atoms with van der Waals surface area (Å²) in [5.41, 5.74) is -0.316. The van der Waals surface area contributed by atoms with Crippen molar-refractivity contribution in [3.05, 3.63) is 65.8 Å². The molecule has 8 nitrogen and oxygen atoms in total. The second-order valence-corrected chi connectivity index (χ2v) is 7.25. The molecule has 0 aliphatic carbocycles. The standard InChI is InChI=1S/C21H18F4N6O2/c1-2-14-8-17(29-11-28-14)30-20(32)18-19(27-4-3-26-18)31-9-16(10-31)33-15-6-12(21(23,24)25)5-13(22)7-15/h3-8,11,16H,2,9-10H2,1H3,(H,28,29,30,32). The van der Waals surface area contributed by atoms with E-state index >= 15 is 0 Å². The molecule has 0 bridgehead atoms. The Kier molecular flexibility index (Phi) is 6.07. The van der Waals surface area contributed by atoms with Gasteiger partial charge < -0.3 is 15.0 Å². The van der Waals surface area contributed by atoms with Gasteiger partial charge in [-0.25, -0.2) is 24.3 Å². The van der Waals surface area contributed by atoms with Crippen molar-refractivity contribution in [2.45, 2.75) is 25.6 Å². The van der Waals surface area contributed by atoms with E-state index in [1.54, 1.807) is 11.0 Å². The molecule has 33 heavy (non-hydrogen) atoms. The van der Waals surface area contributed by atoms with Crippen molar-refractivity contribution in [2.24, 2.45) is 0 Å². The van der Waals surface area contributed by atoms with E-state index in [1.165, 1.54) is 18.7 Å². The first-order chi connectivity index (χ1) is 15.7. The highest BCUT2D eigenvalue weighted by Gasteiger charge is 2.35. The summed E-state index contributed by atoms with van der Waals surface area (Å²) in [6, 6.07) is 3.70. The van der Waals surface area contributed by atoms with E-state index in [2.05, 4.69) is 25.3 Å². The number of halogens is 4. The number of nitrogens with one attached hydrogen (secondary N) is 1. The van der Waals surface area contributed by atoms with Crippen LogP contribution in [0.4, 0.5) is 29.2 Å². The second kappa shape index (κ2) is 8.96. The molecule has 3 heterocycles. The molecule has 4 rings (SSSR count). The van der Waals surface area contributed by atoms with Crippen molar-refractivity contribution in [1.29, 1.82) is 0 Å². The maximum Gasteiger partial charge on any atom is 0.416 e. The van der Waals surface area contributed by atoms with Crippen LogP contribution >= 0.6 is 0 Å². The zero-order valence-electron chi connectivity index (χ0n) is 17.3. The Morgan fingerprint density at radius 1 is 1.12 bits per heavy atom. The lowest BCUT2D eigenvalue weighted by Gasteiger charge is -2.40. The smallest absolute Gasteiger partial charge is 0.416 e. The van der Waals surface area contributed by atoms with Gasteiger partial charge in [-0.15, -0.1) is 0 Å². The van der Waals surface area contributed by atoms with Crippen LogP contribution in [0.5, 0.6) is 5.75 Å². The minimum absolute atomic E-state index is 0.0534. The fourth-order valence-corrected chi connectivity index (χ4v) is 3.23. The molecule has 2 aromatic heterocycles. The van der Waals surface area contributed by atoms with Crippen LogP contribution in [0.3, 0.4) is 0 Å². The fraction of sp³-hybridized carbons (Fsp3) is 0.286. The molecule has 1 fully saturated rings. The minimum Gasteiger partial charge on any atom is -0.487 e. The molecule has 12 heteroatoms. The van der Waals surface area contributed by atoms with Crippen LogP contribution in [0.1, 0.15) is 28.7 Å². The van der Waals surface area contributed by atoms with Gasteiger partial charge in [0.05, 0.1) is 18.7 Å². The van der Waals surface area contributed by atoms with Crippen molar-refractivity contribution in [1.82, 2.24) is 19.9 Å². The lowest BCUT2D eigenvalue weighted by atomic mass is 10.1. The second-order valence-electron chi connectivity index (χ2n) is 7.25. The highest BCUT2D eigenvalue weighted by molar-refractivity contribution is 6.05. The van der Waals surface area contributed by atoms with E-state index in [9.17, 15) is 22.4 Å². The third kappa shape index (κ3) is 5.16. The average Bonchev–Trinajstić information content (AvgIpc) is 2.75. The van der Waals surface area contributed by atoms with Crippen molar-refractivity contribution in [3.8, 4) is 5.75 Å². The van der Waals surface area contributed by atoms with Crippen LogP contribution in [-0.2, 0) is 12.6 Å². The predicted molar refractivity (Wildman–Crippen MR) is 109 cm³/mol. The Bertz CT molecular complexity index is 1170. The number of alkyl halides is 3. The Hall–Kier alpha value is -3.83. The molecule has 1 aliphatic heterocycles. The van der Waals surface area contributed by atoms with Gasteiger partial charge in [0.15, 0.2) is 11.5 Å². The molecule has 0 radical (unpaired) electrons. The predicted octanol–water partition coefficient (Wildman–Crippen LogP) is 3.51. The zero-order chi connectivity index (χ0) is 23.6. The first-order valence-corrected chi connectivity index (χ1v) is 9.95. The number of nitrogens with zero attached hydrogens (tertiary/aromatic N) is 5. The number of benzene rings is 1. The summed E-state index contributed by atoms with van der Waals surface area (Å²) < 4.78 is 57.7. The molecule has 1 saturated heterocycles. The summed E-state index contributed by atoms with van der Waals surface area (Å²) in [7, 11) is 0. The third-order valence-corrected chi connectivity index (χ3v) is 4.87. The lowest BCUT2D eigenvalue weighted by molar-refractivity contribution is -0.137. The topological polar surface area (TPSA) is 93.1 Å². The number of hydrogen-bond acceptors (Lipinski definition) is 7. The number of hydrogen-bond donors (Lipinski definition) is 1. The number of ether oxygens (including phenoxy) is 1. The molecule has 1 N–H and O–H groups in total. The minimum atomic E-state index is -4.69. The molecule has 1 aliphatic rings. The average molecular weight is 462 g/mol. The Balaban J connectivity index is 1.43. The summed E-state index contributed by atoms with van der Waals surface area (Å²) in [4.78, 5) is 30.8. The van der Waals surface area contributed by atoms with Gasteiger partial charge in [-0.1, -0.05) is 6.92 Å². The van der Waals surface area contributed by atoms with Gasteiger partial charge >= 0.3 is 6.18 Å². The largest absolute Gasteiger partial charge is 0.487 e. The summed E-state index contributed by atoms with van der Waals surface area (Å²) in [5.74, 6) is -1.18. The summed E-state index contributed by atoms with van der Waals surface area (Å²) in [6.07, 6.45) is -0.390. The molecule has 3 aromatic rings. The maximum atomic E-state index is 13.6. The number of aromatic nitrogens is 4. The first-order valence-electron chi connectivity index (χ1n) is 9.95. The SMILES string of the molecule is CCc1cc(NC(=O)c2nccnc2N2CC(Oc3cc(F)cc(C(F)(F)F)c3)C2)ncn1. The highest BCUT2D eigenvalue weighted by Crippen LogP contribution is 2.33. The molecule has 0 spiro atoms. The molecular weight excluding hydrogens is 444 g/mol.